The van der Waals surface area contributed by atoms with E-state index in [-0.39, 0.29) is 11.7 Å². The van der Waals surface area contributed by atoms with Crippen LogP contribution in [0.3, 0.4) is 0 Å². The Balaban J connectivity index is 1.37. The van der Waals surface area contributed by atoms with Gasteiger partial charge in [-0.2, -0.15) is 5.10 Å². The van der Waals surface area contributed by atoms with Crippen LogP contribution in [-0.4, -0.2) is 21.9 Å². The summed E-state index contributed by atoms with van der Waals surface area (Å²) < 4.78 is 47.9. The number of fused-ring (bicyclic) bond motifs is 1. The lowest BCUT2D eigenvalue weighted by Gasteiger charge is -2.10. The lowest BCUT2D eigenvalue weighted by atomic mass is 10.1. The van der Waals surface area contributed by atoms with Gasteiger partial charge in [0.2, 0.25) is 0 Å². The Labute approximate surface area is 187 Å². The molecule has 6 nitrogen and oxygen atoms in total. The minimum atomic E-state index is -4.74. The number of alkyl halides is 3. The van der Waals surface area contributed by atoms with Crippen LogP contribution >= 0.6 is 0 Å². The second-order valence-corrected chi connectivity index (χ2v) is 7.44. The predicted molar refractivity (Wildman–Crippen MR) is 115 cm³/mol. The Hall–Kier alpha value is -4.01. The van der Waals surface area contributed by atoms with E-state index in [1.165, 1.54) is 24.3 Å². The summed E-state index contributed by atoms with van der Waals surface area (Å²) in [5.41, 5.74) is 3.83. The van der Waals surface area contributed by atoms with Gasteiger partial charge < -0.3 is 14.8 Å². The van der Waals surface area contributed by atoms with Crippen molar-refractivity contribution in [3.05, 3.63) is 89.2 Å². The highest BCUT2D eigenvalue weighted by Crippen LogP contribution is 2.27. The minimum Gasteiger partial charge on any atom is -0.457 e. The first-order valence-corrected chi connectivity index (χ1v) is 10.0. The van der Waals surface area contributed by atoms with Gasteiger partial charge in [-0.25, -0.2) is 4.52 Å². The lowest BCUT2D eigenvalue weighted by molar-refractivity contribution is -0.274. The molecule has 1 N–H and O–H groups in total. The number of aromatic nitrogens is 2. The van der Waals surface area contributed by atoms with E-state index in [0.29, 0.717) is 29.3 Å². The van der Waals surface area contributed by atoms with Gasteiger partial charge in [0.25, 0.3) is 5.91 Å². The molecule has 0 unspecified atom stereocenters. The van der Waals surface area contributed by atoms with Crippen LogP contribution in [0.1, 0.15) is 27.2 Å². The van der Waals surface area contributed by atoms with Gasteiger partial charge in [-0.3, -0.25) is 4.79 Å². The monoisotopic (exact) mass is 455 g/mol. The lowest BCUT2D eigenvalue weighted by Crippen LogP contribution is -2.23. The van der Waals surface area contributed by atoms with Gasteiger partial charge in [-0.1, -0.05) is 12.1 Å². The van der Waals surface area contributed by atoms with Crippen molar-refractivity contribution < 1.29 is 27.4 Å². The topological polar surface area (TPSA) is 64.9 Å². The van der Waals surface area contributed by atoms with Crippen molar-refractivity contribution in [2.24, 2.45) is 0 Å². The molecular weight excluding hydrogens is 435 g/mol. The number of rotatable bonds is 6. The minimum absolute atomic E-state index is 0.213. The Morgan fingerprint density at radius 2 is 1.58 bits per heavy atom. The molecule has 2 aromatic heterocycles. The number of hydrogen-bond acceptors (Lipinski definition) is 4. The second-order valence-electron chi connectivity index (χ2n) is 7.44. The van der Waals surface area contributed by atoms with Gasteiger partial charge in [0.05, 0.1) is 16.8 Å². The van der Waals surface area contributed by atoms with Gasteiger partial charge in [-0.15, -0.1) is 13.2 Å². The highest BCUT2D eigenvalue weighted by Gasteiger charge is 2.31. The van der Waals surface area contributed by atoms with Crippen LogP contribution in [0, 0.1) is 13.8 Å². The molecule has 1 amide bonds. The molecule has 0 spiro atoms. The molecule has 0 saturated carbocycles. The van der Waals surface area contributed by atoms with E-state index in [1.807, 2.05) is 25.3 Å². The Morgan fingerprint density at radius 3 is 2.21 bits per heavy atom. The molecule has 0 saturated heterocycles. The van der Waals surface area contributed by atoms with Crippen LogP contribution in [0.25, 0.3) is 5.52 Å². The average molecular weight is 455 g/mol. The number of nitrogens with one attached hydrogen (secondary N) is 1. The normalized spacial score (nSPS) is 11.4. The van der Waals surface area contributed by atoms with Crippen molar-refractivity contribution >= 4 is 11.4 Å². The van der Waals surface area contributed by atoms with Crippen LogP contribution < -0.4 is 14.8 Å². The maximum absolute atomic E-state index is 12.8. The zero-order chi connectivity index (χ0) is 23.6. The molecule has 0 atom stereocenters. The molecule has 33 heavy (non-hydrogen) atoms. The summed E-state index contributed by atoms with van der Waals surface area (Å²) in [6, 6.07) is 16.0. The van der Waals surface area contributed by atoms with E-state index in [4.69, 9.17) is 4.74 Å². The summed E-state index contributed by atoms with van der Waals surface area (Å²) in [4.78, 5) is 12.8. The molecule has 0 bridgehead atoms. The summed E-state index contributed by atoms with van der Waals surface area (Å²) in [6.07, 6.45) is -2.92. The fourth-order valence-corrected chi connectivity index (χ4v) is 3.34. The third-order valence-corrected chi connectivity index (χ3v) is 4.86. The molecule has 0 aliphatic carbocycles. The summed E-state index contributed by atoms with van der Waals surface area (Å²) >= 11 is 0. The van der Waals surface area contributed by atoms with Gasteiger partial charge >= 0.3 is 6.36 Å². The van der Waals surface area contributed by atoms with E-state index >= 15 is 0 Å². The number of amides is 1. The standard InChI is InChI=1S/C24H20F3N3O3/c1-15-11-12-30-21(13-15)22(16(2)29-30)23(31)28-14-17-3-5-18(6-4-17)32-19-7-9-20(10-8-19)33-24(25,26)27/h3-13H,14H2,1-2H3,(H,28,31). The molecule has 4 rings (SSSR count). The fourth-order valence-electron chi connectivity index (χ4n) is 3.34. The third-order valence-electron chi connectivity index (χ3n) is 4.86. The van der Waals surface area contributed by atoms with Gasteiger partial charge in [0.15, 0.2) is 0 Å². The number of carbonyl (C=O) groups excluding carboxylic acids is 1. The van der Waals surface area contributed by atoms with Gasteiger partial charge in [0.1, 0.15) is 17.2 Å². The van der Waals surface area contributed by atoms with E-state index in [2.05, 4.69) is 15.2 Å². The molecule has 0 aliphatic rings. The quantitative estimate of drug-likeness (QED) is 0.413. The van der Waals surface area contributed by atoms with E-state index in [1.54, 1.807) is 35.7 Å². The number of ether oxygens (including phenoxy) is 2. The van der Waals surface area contributed by atoms with Crippen molar-refractivity contribution in [2.75, 3.05) is 0 Å². The summed E-state index contributed by atoms with van der Waals surface area (Å²) in [5, 5.41) is 7.29. The van der Waals surface area contributed by atoms with Crippen LogP contribution in [-0.2, 0) is 6.54 Å². The molecule has 2 aromatic carbocycles. The van der Waals surface area contributed by atoms with Crippen LogP contribution in [0.2, 0.25) is 0 Å². The van der Waals surface area contributed by atoms with Crippen LogP contribution in [0.15, 0.2) is 66.9 Å². The second kappa shape index (κ2) is 8.85. The first-order valence-electron chi connectivity index (χ1n) is 10.0. The van der Waals surface area contributed by atoms with E-state index in [0.717, 1.165) is 16.6 Å². The summed E-state index contributed by atoms with van der Waals surface area (Å²) in [6.45, 7) is 4.06. The third kappa shape index (κ3) is 5.43. The number of pyridine rings is 1. The van der Waals surface area contributed by atoms with Gasteiger partial charge in [-0.05, 0) is 73.5 Å². The Morgan fingerprint density at radius 1 is 0.970 bits per heavy atom. The van der Waals surface area contributed by atoms with Crippen LogP contribution in [0.4, 0.5) is 13.2 Å². The first kappa shape index (κ1) is 22.2. The number of halogens is 3. The summed E-state index contributed by atoms with van der Waals surface area (Å²) in [5.74, 6) is 0.333. The zero-order valence-corrected chi connectivity index (χ0v) is 17.8. The van der Waals surface area contributed by atoms with E-state index in [9.17, 15) is 18.0 Å². The maximum atomic E-state index is 12.8. The van der Waals surface area contributed by atoms with Crippen molar-refractivity contribution in [3.63, 3.8) is 0 Å². The molecule has 0 fully saturated rings. The van der Waals surface area contributed by atoms with Gasteiger partial charge in [0, 0.05) is 12.7 Å². The Kier molecular flexibility index (Phi) is 5.95. The van der Waals surface area contributed by atoms with Crippen molar-refractivity contribution in [1.82, 2.24) is 14.9 Å². The van der Waals surface area contributed by atoms with Crippen molar-refractivity contribution in [3.8, 4) is 17.2 Å². The fraction of sp³-hybridized carbons (Fsp3) is 0.167. The molecule has 0 radical (unpaired) electrons. The molecule has 170 valence electrons. The number of benzene rings is 2. The van der Waals surface area contributed by atoms with Crippen LogP contribution in [0.5, 0.6) is 17.2 Å². The number of hydrogen-bond donors (Lipinski definition) is 1. The average Bonchev–Trinajstić information content (AvgIpc) is 3.08. The van der Waals surface area contributed by atoms with Crippen molar-refractivity contribution in [2.45, 2.75) is 26.8 Å². The SMILES string of the molecule is Cc1ccn2nc(C)c(C(=O)NCc3ccc(Oc4ccc(OC(F)(F)F)cc4)cc3)c2c1. The largest absolute Gasteiger partial charge is 0.573 e. The number of aryl methyl sites for hydroxylation is 2. The molecule has 0 aliphatic heterocycles. The summed E-state index contributed by atoms with van der Waals surface area (Å²) in [7, 11) is 0. The predicted octanol–water partition coefficient (Wildman–Crippen LogP) is 5.57. The smallest absolute Gasteiger partial charge is 0.457 e. The molecule has 4 aromatic rings. The first-order chi connectivity index (χ1) is 15.7. The molecular formula is C24H20F3N3O3. The maximum Gasteiger partial charge on any atom is 0.573 e. The Bertz CT molecular complexity index is 1280. The number of nitrogens with zero attached hydrogens (tertiary/aromatic N) is 2. The van der Waals surface area contributed by atoms with Crippen molar-refractivity contribution in [1.29, 1.82) is 0 Å². The molecule has 2 heterocycles. The van der Waals surface area contributed by atoms with E-state index < -0.39 is 6.36 Å². The molecule has 9 heteroatoms. The highest BCUT2D eigenvalue weighted by atomic mass is 19.4. The highest BCUT2D eigenvalue weighted by molar-refractivity contribution is 6.02. The zero-order valence-electron chi connectivity index (χ0n) is 17.8. The number of carbonyl (C=O) groups is 1.